The molecule has 2 heteroatoms. The minimum absolute atomic E-state index is 0.0187. The summed E-state index contributed by atoms with van der Waals surface area (Å²) in [4.78, 5) is 24.4. The van der Waals surface area contributed by atoms with E-state index in [2.05, 4.69) is 44.2 Å². The van der Waals surface area contributed by atoms with Gasteiger partial charge in [-0.1, -0.05) is 57.2 Å². The Balaban J connectivity index is 2.04. The predicted molar refractivity (Wildman–Crippen MR) is 102 cm³/mol. The third-order valence-electron chi connectivity index (χ3n) is 5.68. The summed E-state index contributed by atoms with van der Waals surface area (Å²) in [5.41, 5.74) is 5.75. The third kappa shape index (κ3) is 2.84. The summed E-state index contributed by atoms with van der Waals surface area (Å²) < 4.78 is 0. The zero-order valence-corrected chi connectivity index (χ0v) is 15.4. The minimum atomic E-state index is -0.0571. The molecule has 1 aliphatic carbocycles. The number of carbonyl (C=O) groups excluding carboxylic acids is 2. The monoisotopic (exact) mass is 334 g/mol. The minimum Gasteiger partial charge on any atom is -0.299 e. The Morgan fingerprint density at radius 1 is 0.880 bits per heavy atom. The Bertz CT molecular complexity index is 813. The van der Waals surface area contributed by atoms with Crippen LogP contribution in [0.25, 0.3) is 11.1 Å². The topological polar surface area (TPSA) is 34.1 Å². The Morgan fingerprint density at radius 2 is 1.56 bits per heavy atom. The van der Waals surface area contributed by atoms with E-state index in [0.717, 1.165) is 19.3 Å². The van der Waals surface area contributed by atoms with Gasteiger partial charge in [0.2, 0.25) is 0 Å². The van der Waals surface area contributed by atoms with Gasteiger partial charge < -0.3 is 0 Å². The lowest BCUT2D eigenvalue weighted by atomic mass is 9.73. The summed E-state index contributed by atoms with van der Waals surface area (Å²) in [5.74, 6) is -0.0214. The molecule has 1 aliphatic rings. The molecule has 0 N–H and O–H groups in total. The molecule has 3 rings (SSSR count). The van der Waals surface area contributed by atoms with E-state index in [0.29, 0.717) is 12.0 Å². The highest BCUT2D eigenvalue weighted by atomic mass is 16.1. The van der Waals surface area contributed by atoms with Crippen LogP contribution in [0.5, 0.6) is 0 Å². The van der Waals surface area contributed by atoms with Crippen LogP contribution in [0.15, 0.2) is 42.5 Å². The first-order chi connectivity index (χ1) is 12.1. The van der Waals surface area contributed by atoms with Crippen molar-refractivity contribution in [1.82, 2.24) is 0 Å². The van der Waals surface area contributed by atoms with Gasteiger partial charge >= 0.3 is 0 Å². The molecule has 0 spiro atoms. The molecule has 0 heterocycles. The van der Waals surface area contributed by atoms with Gasteiger partial charge in [0.15, 0.2) is 5.78 Å². The van der Waals surface area contributed by atoms with Crippen LogP contribution in [0.3, 0.4) is 0 Å². The summed E-state index contributed by atoms with van der Waals surface area (Å²) >= 11 is 0. The molecule has 130 valence electrons. The van der Waals surface area contributed by atoms with E-state index in [1.54, 1.807) is 0 Å². The van der Waals surface area contributed by atoms with Crippen LogP contribution in [0.2, 0.25) is 0 Å². The second-order valence-corrected chi connectivity index (χ2v) is 6.98. The first-order valence-electron chi connectivity index (χ1n) is 9.36. The van der Waals surface area contributed by atoms with Crippen LogP contribution in [0.1, 0.15) is 74.4 Å². The molecular formula is C23H26O2. The maximum absolute atomic E-state index is 12.6. The van der Waals surface area contributed by atoms with Crippen molar-refractivity contribution >= 4 is 11.6 Å². The van der Waals surface area contributed by atoms with E-state index in [9.17, 15) is 9.59 Å². The van der Waals surface area contributed by atoms with Crippen LogP contribution < -0.4 is 0 Å². The molecule has 0 radical (unpaired) electrons. The molecule has 2 aromatic rings. The molecule has 0 bridgehead atoms. The first-order valence-corrected chi connectivity index (χ1v) is 9.36. The van der Waals surface area contributed by atoms with Crippen molar-refractivity contribution in [2.45, 2.75) is 58.3 Å². The Labute approximate surface area is 150 Å². The van der Waals surface area contributed by atoms with Crippen LogP contribution >= 0.6 is 0 Å². The number of carbonyl (C=O) groups is 2. The fourth-order valence-electron chi connectivity index (χ4n) is 4.29. The van der Waals surface area contributed by atoms with Crippen molar-refractivity contribution in [2.24, 2.45) is 0 Å². The van der Waals surface area contributed by atoms with Crippen molar-refractivity contribution < 1.29 is 9.59 Å². The van der Waals surface area contributed by atoms with Crippen LogP contribution in [-0.4, -0.2) is 11.6 Å². The van der Waals surface area contributed by atoms with E-state index in [-0.39, 0.29) is 23.4 Å². The zero-order chi connectivity index (χ0) is 18.0. The lowest BCUT2D eigenvalue weighted by Crippen LogP contribution is -2.23. The molecule has 25 heavy (non-hydrogen) atoms. The second kappa shape index (κ2) is 6.95. The molecule has 2 nitrogen and oxygen atoms in total. The highest BCUT2D eigenvalue weighted by Crippen LogP contribution is 2.52. The molecule has 2 aromatic carbocycles. The molecule has 0 atom stereocenters. The number of Topliss-reactive ketones (excluding diaryl/α,β-unsaturated/α-hetero) is 2. The molecule has 0 aromatic heterocycles. The summed E-state index contributed by atoms with van der Waals surface area (Å²) in [7, 11) is 0. The van der Waals surface area contributed by atoms with Gasteiger partial charge in [-0.05, 0) is 47.6 Å². The van der Waals surface area contributed by atoms with Crippen molar-refractivity contribution in [3.63, 3.8) is 0 Å². The SMILES string of the molecule is CCCC(=O)CC(=O)c1ccc2c(c1)C(CC)(CC)c1ccccc1-2. The average molecular weight is 334 g/mol. The normalized spacial score (nSPS) is 14.0. The number of fused-ring (bicyclic) bond motifs is 3. The lowest BCUT2D eigenvalue weighted by Gasteiger charge is -2.29. The number of hydrogen-bond acceptors (Lipinski definition) is 2. The molecule has 0 saturated heterocycles. The Morgan fingerprint density at radius 3 is 2.24 bits per heavy atom. The molecule has 0 fully saturated rings. The lowest BCUT2D eigenvalue weighted by molar-refractivity contribution is -0.118. The van der Waals surface area contributed by atoms with Gasteiger partial charge in [-0.25, -0.2) is 0 Å². The average Bonchev–Trinajstić information content (AvgIpc) is 2.91. The maximum Gasteiger partial charge on any atom is 0.170 e. The predicted octanol–water partition coefficient (Wildman–Crippen LogP) is 5.72. The van der Waals surface area contributed by atoms with E-state index in [4.69, 9.17) is 0 Å². The number of benzene rings is 2. The van der Waals surface area contributed by atoms with Gasteiger partial charge in [-0.15, -0.1) is 0 Å². The molecular weight excluding hydrogens is 308 g/mol. The molecule has 0 unspecified atom stereocenters. The van der Waals surface area contributed by atoms with E-state index in [1.807, 2.05) is 19.1 Å². The van der Waals surface area contributed by atoms with Gasteiger partial charge in [0.25, 0.3) is 0 Å². The Hall–Kier alpha value is -2.22. The van der Waals surface area contributed by atoms with Gasteiger partial charge in [0.1, 0.15) is 5.78 Å². The fourth-order valence-corrected chi connectivity index (χ4v) is 4.29. The van der Waals surface area contributed by atoms with E-state index >= 15 is 0 Å². The van der Waals surface area contributed by atoms with Gasteiger partial charge in [0, 0.05) is 17.4 Å². The number of ketones is 2. The highest BCUT2D eigenvalue weighted by molar-refractivity contribution is 6.08. The zero-order valence-electron chi connectivity index (χ0n) is 15.4. The maximum atomic E-state index is 12.6. The summed E-state index contributed by atoms with van der Waals surface area (Å²) in [6.45, 7) is 6.40. The highest BCUT2D eigenvalue weighted by Gasteiger charge is 2.40. The van der Waals surface area contributed by atoms with Crippen molar-refractivity contribution in [3.05, 3.63) is 59.2 Å². The largest absolute Gasteiger partial charge is 0.299 e. The molecule has 0 saturated carbocycles. The number of hydrogen-bond donors (Lipinski definition) is 0. The number of rotatable bonds is 7. The first kappa shape index (κ1) is 17.6. The van der Waals surface area contributed by atoms with Gasteiger partial charge in [0.05, 0.1) is 6.42 Å². The van der Waals surface area contributed by atoms with E-state index in [1.165, 1.54) is 22.3 Å². The second-order valence-electron chi connectivity index (χ2n) is 6.98. The molecule has 0 aliphatic heterocycles. The Kier molecular flexibility index (Phi) is 4.89. The van der Waals surface area contributed by atoms with Crippen molar-refractivity contribution in [2.75, 3.05) is 0 Å². The fraction of sp³-hybridized carbons (Fsp3) is 0.391. The quantitative estimate of drug-likeness (QED) is 0.480. The molecule has 0 amide bonds. The third-order valence-corrected chi connectivity index (χ3v) is 5.68. The van der Waals surface area contributed by atoms with E-state index < -0.39 is 0 Å². The summed E-state index contributed by atoms with van der Waals surface area (Å²) in [6.07, 6.45) is 3.29. The van der Waals surface area contributed by atoms with Crippen LogP contribution in [0, 0.1) is 0 Å². The summed E-state index contributed by atoms with van der Waals surface area (Å²) in [5, 5.41) is 0. The van der Waals surface area contributed by atoms with Crippen molar-refractivity contribution in [1.29, 1.82) is 0 Å². The smallest absolute Gasteiger partial charge is 0.170 e. The van der Waals surface area contributed by atoms with Gasteiger partial charge in [-0.3, -0.25) is 9.59 Å². The summed E-state index contributed by atoms with van der Waals surface area (Å²) in [6, 6.07) is 14.6. The van der Waals surface area contributed by atoms with Crippen LogP contribution in [-0.2, 0) is 10.2 Å². The van der Waals surface area contributed by atoms with Crippen molar-refractivity contribution in [3.8, 4) is 11.1 Å². The standard InChI is InChI=1S/C23H26O2/c1-4-9-17(24)15-22(25)16-12-13-19-18-10-7-8-11-20(18)23(5-2,6-3)21(19)14-16/h7-8,10-14H,4-6,9,15H2,1-3H3. The van der Waals surface area contributed by atoms with Crippen LogP contribution in [0.4, 0.5) is 0 Å². The van der Waals surface area contributed by atoms with Gasteiger partial charge in [-0.2, -0.15) is 0 Å².